The van der Waals surface area contributed by atoms with Gasteiger partial charge in [-0.15, -0.1) is 0 Å². The van der Waals surface area contributed by atoms with E-state index in [2.05, 4.69) is 24.4 Å². The quantitative estimate of drug-likeness (QED) is 0.816. The van der Waals surface area contributed by atoms with Crippen molar-refractivity contribution in [2.24, 2.45) is 11.7 Å². The first-order valence-corrected chi connectivity index (χ1v) is 9.92. The number of carbonyl (C=O) groups excluding carboxylic acids is 1. The van der Waals surface area contributed by atoms with Gasteiger partial charge in [0.25, 0.3) is 5.91 Å². The maximum Gasteiger partial charge on any atom is 0.253 e. The number of ether oxygens (including phenoxy) is 1. The normalized spacial score (nSPS) is 18.1. The largest absolute Gasteiger partial charge is 0.457 e. The Bertz CT molecular complexity index is 959. The molecule has 0 radical (unpaired) electrons. The van der Waals surface area contributed by atoms with Crippen molar-refractivity contribution in [1.29, 1.82) is 0 Å². The molecule has 28 heavy (non-hydrogen) atoms. The Balaban J connectivity index is 1.39. The Labute approximate surface area is 166 Å². The minimum Gasteiger partial charge on any atom is -0.457 e. The summed E-state index contributed by atoms with van der Waals surface area (Å²) < 4.78 is 6.04. The predicted octanol–water partition coefficient (Wildman–Crippen LogP) is 4.39. The molecular weight excluding hydrogens is 348 g/mol. The molecule has 0 aromatic heterocycles. The molecule has 0 saturated carbocycles. The molecule has 144 valence electrons. The van der Waals surface area contributed by atoms with E-state index < -0.39 is 0 Å². The highest BCUT2D eigenvalue weighted by molar-refractivity contribution is 5.97. The lowest BCUT2D eigenvalue weighted by Gasteiger charge is -2.16. The summed E-state index contributed by atoms with van der Waals surface area (Å²) >= 11 is 0. The standard InChI is InChI=1S/C24H26N2O2/c1-16-8-11-22(23(25)12-16)24(27)26-15-17-4-2-7-20(13-17)28-21-10-9-18-5-3-6-19(18)14-21/h2,4,7-11,13-14,16H,3,5-6,12,15,25H2,1H3,(H,26,27)/t16-/m0/s1. The van der Waals surface area contributed by atoms with Gasteiger partial charge < -0.3 is 15.8 Å². The topological polar surface area (TPSA) is 64.3 Å². The van der Waals surface area contributed by atoms with E-state index in [0.29, 0.717) is 23.7 Å². The fourth-order valence-corrected chi connectivity index (χ4v) is 3.86. The van der Waals surface area contributed by atoms with Gasteiger partial charge in [0.1, 0.15) is 11.5 Å². The average molecular weight is 374 g/mol. The van der Waals surface area contributed by atoms with Crippen LogP contribution in [0.25, 0.3) is 0 Å². The van der Waals surface area contributed by atoms with E-state index in [1.807, 2.05) is 42.5 Å². The van der Waals surface area contributed by atoms with Crippen LogP contribution in [0.15, 0.2) is 65.9 Å². The molecule has 4 heteroatoms. The van der Waals surface area contributed by atoms with Crippen LogP contribution >= 0.6 is 0 Å². The van der Waals surface area contributed by atoms with Gasteiger partial charge >= 0.3 is 0 Å². The zero-order valence-electron chi connectivity index (χ0n) is 16.2. The van der Waals surface area contributed by atoms with Crippen molar-refractivity contribution >= 4 is 5.91 Å². The number of fused-ring (bicyclic) bond motifs is 1. The van der Waals surface area contributed by atoms with Crippen LogP contribution in [0.4, 0.5) is 0 Å². The molecule has 0 fully saturated rings. The van der Waals surface area contributed by atoms with Crippen molar-refractivity contribution in [3.8, 4) is 11.5 Å². The summed E-state index contributed by atoms with van der Waals surface area (Å²) in [5, 5.41) is 2.96. The van der Waals surface area contributed by atoms with Crippen molar-refractivity contribution in [3.63, 3.8) is 0 Å². The molecule has 4 nitrogen and oxygen atoms in total. The summed E-state index contributed by atoms with van der Waals surface area (Å²) in [6.45, 7) is 2.52. The lowest BCUT2D eigenvalue weighted by atomic mass is 9.95. The number of rotatable bonds is 5. The third-order valence-electron chi connectivity index (χ3n) is 5.38. The number of benzene rings is 2. The number of aryl methyl sites for hydroxylation is 2. The molecule has 0 bridgehead atoms. The maximum atomic E-state index is 12.4. The molecule has 4 rings (SSSR count). The number of allylic oxidation sites excluding steroid dienone is 2. The van der Waals surface area contributed by atoms with Gasteiger partial charge in [0.2, 0.25) is 0 Å². The first-order chi connectivity index (χ1) is 13.6. The van der Waals surface area contributed by atoms with Gasteiger partial charge in [0.05, 0.1) is 5.57 Å². The highest BCUT2D eigenvalue weighted by Gasteiger charge is 2.16. The van der Waals surface area contributed by atoms with Gasteiger partial charge in [-0.1, -0.05) is 37.3 Å². The summed E-state index contributed by atoms with van der Waals surface area (Å²) in [4.78, 5) is 12.4. The number of amides is 1. The van der Waals surface area contributed by atoms with Crippen LogP contribution < -0.4 is 15.8 Å². The Morgan fingerprint density at radius 1 is 1.14 bits per heavy atom. The van der Waals surface area contributed by atoms with E-state index in [1.54, 1.807) is 0 Å². The minimum absolute atomic E-state index is 0.134. The van der Waals surface area contributed by atoms with Gasteiger partial charge in [-0.05, 0) is 72.6 Å². The van der Waals surface area contributed by atoms with E-state index in [1.165, 1.54) is 24.0 Å². The summed E-state index contributed by atoms with van der Waals surface area (Å²) in [6.07, 6.45) is 8.10. The molecule has 0 spiro atoms. The van der Waals surface area contributed by atoms with E-state index in [0.717, 1.165) is 29.9 Å². The fraction of sp³-hybridized carbons (Fsp3) is 0.292. The van der Waals surface area contributed by atoms with Crippen LogP contribution in [0.5, 0.6) is 11.5 Å². The van der Waals surface area contributed by atoms with Crippen molar-refractivity contribution in [2.45, 2.75) is 39.2 Å². The first kappa shape index (κ1) is 18.4. The Hall–Kier alpha value is -3.01. The molecule has 0 unspecified atom stereocenters. The van der Waals surface area contributed by atoms with Crippen LogP contribution in [0.3, 0.4) is 0 Å². The molecular formula is C24H26N2O2. The Kier molecular flexibility index (Phi) is 5.20. The molecule has 1 amide bonds. The zero-order chi connectivity index (χ0) is 19.5. The highest BCUT2D eigenvalue weighted by Crippen LogP contribution is 2.29. The summed E-state index contributed by atoms with van der Waals surface area (Å²) in [5.41, 5.74) is 11.1. The smallest absolute Gasteiger partial charge is 0.253 e. The third kappa shape index (κ3) is 4.11. The lowest BCUT2D eigenvalue weighted by molar-refractivity contribution is -0.117. The number of carbonyl (C=O) groups is 1. The van der Waals surface area contributed by atoms with E-state index in [-0.39, 0.29) is 5.91 Å². The Morgan fingerprint density at radius 3 is 2.82 bits per heavy atom. The van der Waals surface area contributed by atoms with Crippen molar-refractivity contribution in [3.05, 3.63) is 82.6 Å². The molecule has 0 heterocycles. The van der Waals surface area contributed by atoms with E-state index in [4.69, 9.17) is 10.5 Å². The van der Waals surface area contributed by atoms with Crippen molar-refractivity contribution in [1.82, 2.24) is 5.32 Å². The summed E-state index contributed by atoms with van der Waals surface area (Å²) in [6, 6.07) is 14.2. The molecule has 0 saturated heterocycles. The second-order valence-electron chi connectivity index (χ2n) is 7.70. The highest BCUT2D eigenvalue weighted by atomic mass is 16.5. The SMILES string of the molecule is C[C@H]1C=CC(C(=O)NCc2cccc(Oc3ccc4c(c3)CCC4)c2)=C(N)C1. The van der Waals surface area contributed by atoms with Crippen molar-refractivity contribution < 1.29 is 9.53 Å². The molecule has 0 aliphatic heterocycles. The van der Waals surface area contributed by atoms with Gasteiger partial charge in [0.15, 0.2) is 0 Å². The van der Waals surface area contributed by atoms with Crippen LogP contribution in [0.1, 0.15) is 36.5 Å². The molecule has 2 aromatic carbocycles. The first-order valence-electron chi connectivity index (χ1n) is 9.92. The maximum absolute atomic E-state index is 12.4. The van der Waals surface area contributed by atoms with Crippen LogP contribution in [-0.2, 0) is 24.2 Å². The fourth-order valence-electron chi connectivity index (χ4n) is 3.86. The van der Waals surface area contributed by atoms with Crippen LogP contribution in [0, 0.1) is 5.92 Å². The van der Waals surface area contributed by atoms with Crippen LogP contribution in [-0.4, -0.2) is 5.91 Å². The molecule has 2 aliphatic carbocycles. The van der Waals surface area contributed by atoms with Gasteiger partial charge in [-0.3, -0.25) is 4.79 Å². The summed E-state index contributed by atoms with van der Waals surface area (Å²) in [5.74, 6) is 1.88. The number of nitrogens with one attached hydrogen (secondary N) is 1. The zero-order valence-corrected chi connectivity index (χ0v) is 16.2. The van der Waals surface area contributed by atoms with Crippen LogP contribution in [0.2, 0.25) is 0 Å². The predicted molar refractivity (Wildman–Crippen MR) is 111 cm³/mol. The van der Waals surface area contributed by atoms with E-state index in [9.17, 15) is 4.79 Å². The van der Waals surface area contributed by atoms with Gasteiger partial charge in [0, 0.05) is 12.2 Å². The summed E-state index contributed by atoms with van der Waals surface area (Å²) in [7, 11) is 0. The van der Waals surface area contributed by atoms with Gasteiger partial charge in [-0.2, -0.15) is 0 Å². The third-order valence-corrected chi connectivity index (χ3v) is 5.38. The monoisotopic (exact) mass is 374 g/mol. The number of hydrogen-bond acceptors (Lipinski definition) is 3. The Morgan fingerprint density at radius 2 is 1.96 bits per heavy atom. The molecule has 2 aliphatic rings. The van der Waals surface area contributed by atoms with Crippen molar-refractivity contribution in [2.75, 3.05) is 0 Å². The average Bonchev–Trinajstić information content (AvgIpc) is 3.14. The molecule has 3 N–H and O–H groups in total. The molecule has 1 atom stereocenters. The number of nitrogens with two attached hydrogens (primary N) is 1. The number of hydrogen-bond donors (Lipinski definition) is 2. The minimum atomic E-state index is -0.134. The van der Waals surface area contributed by atoms with E-state index >= 15 is 0 Å². The van der Waals surface area contributed by atoms with Gasteiger partial charge in [-0.25, -0.2) is 0 Å². The second kappa shape index (κ2) is 7.93. The second-order valence-corrected chi connectivity index (χ2v) is 7.70. The lowest BCUT2D eigenvalue weighted by Crippen LogP contribution is -2.27. The molecule has 2 aromatic rings.